The highest BCUT2D eigenvalue weighted by atomic mass is 16.5. The molecule has 1 aliphatic rings. The molecule has 1 aromatic carbocycles. The Morgan fingerprint density at radius 1 is 1.39 bits per heavy atom. The number of nitrogens with one attached hydrogen (secondary N) is 1. The Kier molecular flexibility index (Phi) is 4.03. The molecule has 0 aliphatic heterocycles. The quantitative estimate of drug-likeness (QED) is 0.829. The molecule has 1 N–H and O–H groups in total. The van der Waals surface area contributed by atoms with E-state index in [1.54, 1.807) is 0 Å². The molecule has 0 saturated carbocycles. The van der Waals surface area contributed by atoms with Crippen LogP contribution in [-0.4, -0.2) is 13.1 Å². The smallest absolute Gasteiger partial charge is 0.335 e. The fourth-order valence-corrected chi connectivity index (χ4v) is 2.35. The molecule has 1 atom stereocenters. The molecule has 96 valence electrons. The van der Waals surface area contributed by atoms with E-state index in [4.69, 9.17) is 4.74 Å². The summed E-state index contributed by atoms with van der Waals surface area (Å²) in [4.78, 5) is 11.7. The second-order valence-corrected chi connectivity index (χ2v) is 4.66. The van der Waals surface area contributed by atoms with Crippen molar-refractivity contribution < 1.29 is 9.53 Å². The van der Waals surface area contributed by atoms with Crippen LogP contribution in [-0.2, 0) is 16.1 Å². The van der Waals surface area contributed by atoms with E-state index in [2.05, 4.69) is 24.4 Å². The van der Waals surface area contributed by atoms with Gasteiger partial charge >= 0.3 is 5.97 Å². The van der Waals surface area contributed by atoms with E-state index in [0.717, 1.165) is 30.7 Å². The number of hydrogen-bond donors (Lipinski definition) is 1. The third kappa shape index (κ3) is 2.73. The van der Waals surface area contributed by atoms with Gasteiger partial charge in [0, 0.05) is 12.2 Å². The van der Waals surface area contributed by atoms with Crippen molar-refractivity contribution in [2.75, 3.05) is 7.11 Å². The van der Waals surface area contributed by atoms with Gasteiger partial charge in [-0.05, 0) is 24.3 Å². The Balaban J connectivity index is 2.08. The first-order valence-corrected chi connectivity index (χ1v) is 6.31. The molecule has 2 rings (SSSR count). The van der Waals surface area contributed by atoms with Crippen LogP contribution in [0.3, 0.4) is 0 Å². The summed E-state index contributed by atoms with van der Waals surface area (Å²) in [5.41, 5.74) is 3.07. The van der Waals surface area contributed by atoms with Crippen LogP contribution in [0.25, 0.3) is 0 Å². The molecule has 0 bridgehead atoms. The first-order valence-electron chi connectivity index (χ1n) is 6.31. The number of allylic oxidation sites excluding steroid dienone is 1. The fraction of sp³-hybridized carbons (Fsp3) is 0.400. The normalized spacial score (nSPS) is 18.9. The Bertz CT molecular complexity index is 451. The maximum absolute atomic E-state index is 11.7. The zero-order valence-electron chi connectivity index (χ0n) is 10.9. The van der Waals surface area contributed by atoms with Crippen LogP contribution in [0.5, 0.6) is 0 Å². The molecule has 0 heterocycles. The average molecular weight is 245 g/mol. The van der Waals surface area contributed by atoms with Crippen molar-refractivity contribution in [2.45, 2.75) is 26.3 Å². The summed E-state index contributed by atoms with van der Waals surface area (Å²) < 4.78 is 4.83. The van der Waals surface area contributed by atoms with E-state index in [0.29, 0.717) is 5.92 Å². The Morgan fingerprint density at radius 2 is 2.11 bits per heavy atom. The van der Waals surface area contributed by atoms with Crippen LogP contribution < -0.4 is 5.32 Å². The number of esters is 1. The standard InChI is InChI=1S/C15H19NO2/c1-11-8-9-13(15(17)18-2)14(11)16-10-12-6-4-3-5-7-12/h3-7,11,16H,8-10H2,1-2H3. The van der Waals surface area contributed by atoms with Crippen molar-refractivity contribution >= 4 is 5.97 Å². The van der Waals surface area contributed by atoms with Crippen LogP contribution in [0.15, 0.2) is 41.6 Å². The Labute approximate surface area is 108 Å². The van der Waals surface area contributed by atoms with Gasteiger partial charge in [0.1, 0.15) is 0 Å². The van der Waals surface area contributed by atoms with E-state index < -0.39 is 0 Å². The minimum absolute atomic E-state index is 0.199. The summed E-state index contributed by atoms with van der Waals surface area (Å²) in [5.74, 6) is 0.206. The largest absolute Gasteiger partial charge is 0.466 e. The molecule has 0 amide bonds. The van der Waals surface area contributed by atoms with Crippen molar-refractivity contribution in [1.82, 2.24) is 5.32 Å². The monoisotopic (exact) mass is 245 g/mol. The molecule has 0 spiro atoms. The lowest BCUT2D eigenvalue weighted by molar-refractivity contribution is -0.136. The number of carbonyl (C=O) groups excluding carboxylic acids is 1. The number of hydrogen-bond acceptors (Lipinski definition) is 3. The van der Waals surface area contributed by atoms with Gasteiger partial charge in [-0.2, -0.15) is 0 Å². The molecule has 0 radical (unpaired) electrons. The van der Waals surface area contributed by atoms with Crippen molar-refractivity contribution in [3.63, 3.8) is 0 Å². The number of rotatable bonds is 4. The van der Waals surface area contributed by atoms with Gasteiger partial charge in [-0.1, -0.05) is 37.3 Å². The summed E-state index contributed by atoms with van der Waals surface area (Å²) in [5, 5.41) is 3.39. The predicted octanol–water partition coefficient (Wildman–Crippen LogP) is 2.63. The molecule has 0 fully saturated rings. The summed E-state index contributed by atoms with van der Waals surface area (Å²) in [6, 6.07) is 10.2. The van der Waals surface area contributed by atoms with Crippen molar-refractivity contribution in [3.05, 3.63) is 47.2 Å². The second-order valence-electron chi connectivity index (χ2n) is 4.66. The highest BCUT2D eigenvalue weighted by molar-refractivity contribution is 5.89. The second kappa shape index (κ2) is 5.71. The van der Waals surface area contributed by atoms with E-state index in [1.165, 1.54) is 12.7 Å². The van der Waals surface area contributed by atoms with Crippen LogP contribution in [0, 0.1) is 5.92 Å². The number of carbonyl (C=O) groups is 1. The molecular formula is C15H19NO2. The molecule has 18 heavy (non-hydrogen) atoms. The fourth-order valence-electron chi connectivity index (χ4n) is 2.35. The number of benzene rings is 1. The molecule has 3 heteroatoms. The van der Waals surface area contributed by atoms with Crippen LogP contribution in [0.1, 0.15) is 25.3 Å². The average Bonchev–Trinajstić information content (AvgIpc) is 2.78. The maximum atomic E-state index is 11.7. The van der Waals surface area contributed by atoms with Gasteiger partial charge in [-0.25, -0.2) is 4.79 Å². The molecule has 0 aromatic heterocycles. The Hall–Kier alpha value is -1.77. The Morgan fingerprint density at radius 3 is 2.78 bits per heavy atom. The number of ether oxygens (including phenoxy) is 1. The maximum Gasteiger partial charge on any atom is 0.335 e. The van der Waals surface area contributed by atoms with E-state index in [-0.39, 0.29) is 5.97 Å². The first-order chi connectivity index (χ1) is 8.72. The third-order valence-electron chi connectivity index (χ3n) is 3.40. The van der Waals surface area contributed by atoms with Crippen molar-refractivity contribution in [3.8, 4) is 0 Å². The lowest BCUT2D eigenvalue weighted by Crippen LogP contribution is -2.19. The van der Waals surface area contributed by atoms with E-state index >= 15 is 0 Å². The lowest BCUT2D eigenvalue weighted by atomic mass is 10.1. The van der Waals surface area contributed by atoms with Gasteiger partial charge in [0.05, 0.1) is 12.7 Å². The van der Waals surface area contributed by atoms with Gasteiger partial charge in [0.15, 0.2) is 0 Å². The lowest BCUT2D eigenvalue weighted by Gasteiger charge is -2.14. The predicted molar refractivity (Wildman–Crippen MR) is 70.7 cm³/mol. The minimum Gasteiger partial charge on any atom is -0.466 e. The summed E-state index contributed by atoms with van der Waals surface area (Å²) in [6.07, 6.45) is 1.83. The molecule has 1 aromatic rings. The van der Waals surface area contributed by atoms with Gasteiger partial charge in [-0.3, -0.25) is 0 Å². The minimum atomic E-state index is -0.199. The van der Waals surface area contributed by atoms with Crippen LogP contribution in [0.2, 0.25) is 0 Å². The van der Waals surface area contributed by atoms with E-state index in [1.807, 2.05) is 18.2 Å². The van der Waals surface area contributed by atoms with Gasteiger partial charge in [-0.15, -0.1) is 0 Å². The molecule has 1 unspecified atom stereocenters. The summed E-state index contributed by atoms with van der Waals surface area (Å²) in [6.45, 7) is 2.89. The summed E-state index contributed by atoms with van der Waals surface area (Å²) >= 11 is 0. The molecule has 1 aliphatic carbocycles. The molecule has 0 saturated heterocycles. The van der Waals surface area contributed by atoms with Crippen LogP contribution in [0.4, 0.5) is 0 Å². The highest BCUT2D eigenvalue weighted by Crippen LogP contribution is 2.30. The SMILES string of the molecule is COC(=O)C1=C(NCc2ccccc2)C(C)CC1. The first kappa shape index (κ1) is 12.7. The van der Waals surface area contributed by atoms with Crippen molar-refractivity contribution in [1.29, 1.82) is 0 Å². The zero-order chi connectivity index (χ0) is 13.0. The summed E-state index contributed by atoms with van der Waals surface area (Å²) in [7, 11) is 1.44. The third-order valence-corrected chi connectivity index (χ3v) is 3.40. The van der Waals surface area contributed by atoms with Gasteiger partial charge in [0.2, 0.25) is 0 Å². The highest BCUT2D eigenvalue weighted by Gasteiger charge is 2.26. The number of methoxy groups -OCH3 is 1. The van der Waals surface area contributed by atoms with Crippen molar-refractivity contribution in [2.24, 2.45) is 5.92 Å². The van der Waals surface area contributed by atoms with Crippen LogP contribution >= 0.6 is 0 Å². The van der Waals surface area contributed by atoms with Gasteiger partial charge < -0.3 is 10.1 Å². The van der Waals surface area contributed by atoms with Gasteiger partial charge in [0.25, 0.3) is 0 Å². The molecule has 3 nitrogen and oxygen atoms in total. The molecular weight excluding hydrogens is 226 g/mol. The topological polar surface area (TPSA) is 38.3 Å². The zero-order valence-corrected chi connectivity index (χ0v) is 10.9. The van der Waals surface area contributed by atoms with E-state index in [9.17, 15) is 4.79 Å².